The molecule has 0 aliphatic carbocycles. The van der Waals surface area contributed by atoms with Crippen LogP contribution >= 0.6 is 0 Å². The van der Waals surface area contributed by atoms with Crippen molar-refractivity contribution < 1.29 is 67.4 Å². The molecule has 81 heavy (non-hydrogen) atoms. The molecule has 10 aromatic carbocycles. The molecule has 2 aliphatic rings. The Hall–Kier alpha value is -8.24. The summed E-state index contributed by atoms with van der Waals surface area (Å²) in [5.41, 5.74) is -4.15. The van der Waals surface area contributed by atoms with Crippen LogP contribution in [0.2, 0.25) is 0 Å². The van der Waals surface area contributed by atoms with Gasteiger partial charge in [-0.05, 0) is 115 Å². The van der Waals surface area contributed by atoms with E-state index in [1.807, 2.05) is 72.8 Å². The second kappa shape index (κ2) is 18.9. The fraction of sp³-hybridized carbons (Fsp3) is 0.152. The topological polar surface area (TPSA) is 40.5 Å². The Morgan fingerprint density at radius 3 is 0.864 bits per heavy atom. The van der Waals surface area contributed by atoms with Crippen molar-refractivity contribution in [3.8, 4) is 22.3 Å². The molecule has 408 valence electrons. The van der Waals surface area contributed by atoms with Crippen LogP contribution in [0, 0.1) is 0 Å². The van der Waals surface area contributed by atoms with Gasteiger partial charge in [-0.25, -0.2) is 0 Å². The molecule has 0 saturated heterocycles. The summed E-state index contributed by atoms with van der Waals surface area (Å²) in [5, 5.41) is 31.3. The second-order valence-electron chi connectivity index (χ2n) is 21.0. The highest BCUT2D eigenvalue weighted by atomic mass is 19.4. The number of hydrogen-bond donors (Lipinski definition) is 2. The molecule has 0 unspecified atom stereocenters. The lowest BCUT2D eigenvalue weighted by Gasteiger charge is -2.41. The molecule has 2 N–H and O–H groups in total. The van der Waals surface area contributed by atoms with E-state index in [9.17, 15) is 62.9 Å². The summed E-state index contributed by atoms with van der Waals surface area (Å²) >= 11 is 0. The maximum atomic E-state index is 14.2. The summed E-state index contributed by atoms with van der Waals surface area (Å²) in [7, 11) is 0. The molecule has 3 nitrogen and oxygen atoms in total. The highest BCUT2D eigenvalue weighted by Crippen LogP contribution is 2.53. The van der Waals surface area contributed by atoms with Gasteiger partial charge in [0, 0.05) is 33.4 Å². The predicted octanol–water partition coefficient (Wildman–Crippen LogP) is 17.5. The highest BCUT2D eigenvalue weighted by Gasteiger charge is 2.47. The van der Waals surface area contributed by atoms with Crippen molar-refractivity contribution in [3.63, 3.8) is 0 Å². The molecule has 0 saturated carbocycles. The van der Waals surface area contributed by atoms with Crippen LogP contribution < -0.4 is 0 Å². The Morgan fingerprint density at radius 1 is 0.284 bits per heavy atom. The van der Waals surface area contributed by atoms with Crippen molar-refractivity contribution in [3.05, 3.63) is 284 Å². The van der Waals surface area contributed by atoms with E-state index in [0.717, 1.165) is 141 Å². The quantitative estimate of drug-likeness (QED) is 0.0990. The Labute approximate surface area is 455 Å². The lowest BCUT2D eigenvalue weighted by atomic mass is 9.75. The number of alkyl halides is 12. The van der Waals surface area contributed by atoms with Gasteiger partial charge in [0.1, 0.15) is 37.4 Å². The molecule has 2 heterocycles. The number of halogens is 12. The molecule has 0 aromatic heterocycles. The van der Waals surface area contributed by atoms with E-state index in [1.54, 1.807) is 36.4 Å². The molecular weight excluding hydrogens is 1070 g/mol. The Morgan fingerprint density at radius 2 is 0.568 bits per heavy atom. The third kappa shape index (κ3) is 9.11. The monoisotopic (exact) mass is 1110 g/mol. The van der Waals surface area contributed by atoms with Crippen molar-refractivity contribution >= 4 is 21.5 Å². The molecule has 0 bridgehead atoms. The van der Waals surface area contributed by atoms with Crippen LogP contribution in [0.15, 0.2) is 206 Å². The van der Waals surface area contributed by atoms with Gasteiger partial charge >= 0.3 is 24.7 Å². The lowest BCUT2D eigenvalue weighted by molar-refractivity contribution is -0.978. The Kier molecular flexibility index (Phi) is 12.5. The molecular formula is C66H44F12NO2+. The number of fused-ring (bicyclic) bond motifs is 10. The van der Waals surface area contributed by atoms with E-state index >= 15 is 0 Å². The molecule has 0 atom stereocenters. The first-order valence-corrected chi connectivity index (χ1v) is 25.6. The SMILES string of the molecule is OC(c1ccc(C(F)(F)F)cc1)(c1ccc(C(F)(F)F)cc1)c1cccc2c1C[N+]1(Cc3ccc4ccccc4c3-c3c(ccc4ccccc34)C1)Cc1c-2cccc1C(O)(c1ccc(C(F)(F)F)cc1)c1ccc(C(F)(F)F)cc1. The molecule has 0 fully saturated rings. The summed E-state index contributed by atoms with van der Waals surface area (Å²) in [4.78, 5) is 0. The largest absolute Gasteiger partial charge is 0.416 e. The van der Waals surface area contributed by atoms with Crippen molar-refractivity contribution in [1.82, 2.24) is 0 Å². The third-order valence-electron chi connectivity index (χ3n) is 16.2. The van der Waals surface area contributed by atoms with Crippen LogP contribution in [0.1, 0.15) is 77.9 Å². The van der Waals surface area contributed by atoms with Crippen LogP contribution in [0.5, 0.6) is 0 Å². The first-order chi connectivity index (χ1) is 38.4. The standard InChI is InChI=1S/C66H44F12NO2/c67-63(68,69)47-27-19-43(20-28-47)61(80,44-21-29-48(30-22-44)64(70,71)72)57-13-5-11-53-54-12-6-14-58(62(81,45-23-31-49(32-24-45)65(73,74)75)46-25-33-50(34-26-46)66(76,77)78)56(54)38-79(37-55(53)57)35-41-17-15-39-7-1-3-9-51(39)59(41)60-42(36-79)18-16-40-8-2-4-10-52(40)60/h1-34,80-81H,35-38H2/q+1. The minimum atomic E-state index is -4.80. The van der Waals surface area contributed by atoms with Gasteiger partial charge in [-0.2, -0.15) is 52.7 Å². The number of nitrogens with zero attached hydrogens (tertiary/aromatic N) is 1. The summed E-state index contributed by atoms with van der Waals surface area (Å²) in [6, 6.07) is 48.5. The average Bonchev–Trinajstić information content (AvgIpc) is 3.58. The number of benzene rings is 10. The van der Waals surface area contributed by atoms with Crippen molar-refractivity contribution in [2.45, 2.75) is 62.1 Å². The van der Waals surface area contributed by atoms with Crippen LogP contribution in [-0.2, 0) is 62.1 Å². The predicted molar refractivity (Wildman–Crippen MR) is 284 cm³/mol. The lowest BCUT2D eigenvalue weighted by Crippen LogP contribution is -2.45. The molecule has 0 amide bonds. The maximum absolute atomic E-state index is 14.2. The molecule has 10 aromatic rings. The smallest absolute Gasteiger partial charge is 0.376 e. The first-order valence-electron chi connectivity index (χ1n) is 25.6. The number of rotatable bonds is 6. The second-order valence-corrected chi connectivity index (χ2v) is 21.0. The number of quaternary nitrogens is 1. The van der Waals surface area contributed by atoms with Gasteiger partial charge < -0.3 is 14.7 Å². The van der Waals surface area contributed by atoms with Crippen LogP contribution in [0.3, 0.4) is 0 Å². The van der Waals surface area contributed by atoms with Crippen LogP contribution in [-0.4, -0.2) is 14.7 Å². The summed E-state index contributed by atoms with van der Waals surface area (Å²) < 4.78 is 171. The number of aliphatic hydroxyl groups is 2. The molecule has 1 spiro atoms. The van der Waals surface area contributed by atoms with Crippen LogP contribution in [0.25, 0.3) is 43.8 Å². The molecule has 2 aliphatic heterocycles. The summed E-state index contributed by atoms with van der Waals surface area (Å²) in [5.74, 6) is 0. The van der Waals surface area contributed by atoms with E-state index in [0.29, 0.717) is 22.3 Å². The average molecular weight is 1110 g/mol. The third-order valence-corrected chi connectivity index (χ3v) is 16.2. The maximum Gasteiger partial charge on any atom is 0.416 e. The molecule has 15 heteroatoms. The van der Waals surface area contributed by atoms with Gasteiger partial charge in [0.15, 0.2) is 0 Å². The highest BCUT2D eigenvalue weighted by molar-refractivity contribution is 6.08. The van der Waals surface area contributed by atoms with E-state index in [2.05, 4.69) is 0 Å². The Balaban J connectivity index is 1.18. The van der Waals surface area contributed by atoms with Gasteiger partial charge in [0.05, 0.1) is 22.3 Å². The van der Waals surface area contributed by atoms with Crippen molar-refractivity contribution in [2.75, 3.05) is 0 Å². The Bertz CT molecular complexity index is 3690. The number of hydrogen-bond acceptors (Lipinski definition) is 2. The van der Waals surface area contributed by atoms with Gasteiger partial charge in [0.25, 0.3) is 0 Å². The minimum absolute atomic E-state index is 0.000722. The van der Waals surface area contributed by atoms with Gasteiger partial charge in [-0.15, -0.1) is 0 Å². The van der Waals surface area contributed by atoms with E-state index < -0.39 is 58.2 Å². The van der Waals surface area contributed by atoms with Crippen molar-refractivity contribution in [1.29, 1.82) is 0 Å². The van der Waals surface area contributed by atoms with Gasteiger partial charge in [0.2, 0.25) is 0 Å². The zero-order chi connectivity index (χ0) is 57.1. The molecule has 12 rings (SSSR count). The molecule has 0 radical (unpaired) electrons. The summed E-state index contributed by atoms with van der Waals surface area (Å²) in [6.45, 7) is 0.423. The fourth-order valence-electron chi connectivity index (χ4n) is 12.5. The van der Waals surface area contributed by atoms with Crippen LogP contribution in [0.4, 0.5) is 52.7 Å². The first kappa shape index (κ1) is 53.4. The fourth-order valence-corrected chi connectivity index (χ4v) is 12.5. The van der Waals surface area contributed by atoms with Gasteiger partial charge in [-0.1, -0.05) is 158 Å². The zero-order valence-electron chi connectivity index (χ0n) is 42.3. The van der Waals surface area contributed by atoms with Gasteiger partial charge in [-0.3, -0.25) is 0 Å². The van der Waals surface area contributed by atoms with Crippen molar-refractivity contribution in [2.24, 2.45) is 0 Å². The van der Waals surface area contributed by atoms with E-state index in [1.165, 1.54) is 0 Å². The zero-order valence-corrected chi connectivity index (χ0v) is 42.3. The summed E-state index contributed by atoms with van der Waals surface area (Å²) in [6.07, 6.45) is -19.2. The van der Waals surface area contributed by atoms with E-state index in [-0.39, 0.29) is 64.0 Å². The normalized spacial score (nSPS) is 14.7. The van der Waals surface area contributed by atoms with E-state index in [4.69, 9.17) is 0 Å². The minimum Gasteiger partial charge on any atom is -0.376 e.